The third-order valence-corrected chi connectivity index (χ3v) is 5.36. The summed E-state index contributed by atoms with van der Waals surface area (Å²) in [5.74, 6) is -0.109. The van der Waals surface area contributed by atoms with E-state index in [9.17, 15) is 4.79 Å². The van der Waals surface area contributed by atoms with Gasteiger partial charge in [-0.1, -0.05) is 29.8 Å². The summed E-state index contributed by atoms with van der Waals surface area (Å²) >= 11 is 1.85. The number of thiophene rings is 1. The number of aryl methyl sites for hydroxylation is 1. The lowest BCUT2D eigenvalue weighted by Gasteiger charge is -2.27. The van der Waals surface area contributed by atoms with Crippen LogP contribution in [0.4, 0.5) is 0 Å². The molecular weight excluding hydrogens is 377 g/mol. The molecule has 25 heavy (non-hydrogen) atoms. The molecule has 0 saturated carbocycles. The first-order valence-electron chi connectivity index (χ1n) is 8.01. The number of halogens is 2. The predicted octanol–water partition coefficient (Wildman–Crippen LogP) is 3.07. The number of benzene rings is 1. The fraction of sp³-hybridized carbons (Fsp3) is 0.389. The number of amides is 1. The standard InChI is InChI=1S/C18H23N3OS.2ClH/c1-13-2-4-14(5-3-13)17(19)18(22)20-8-10-21-9-6-16-15(12-21)7-11-23-16;;/h2-5,7,11,17H,6,8-10,12,19H2,1H3,(H,20,22);2*1H. The maximum absolute atomic E-state index is 12.2. The summed E-state index contributed by atoms with van der Waals surface area (Å²) in [4.78, 5) is 16.1. The Balaban J connectivity index is 0.00000156. The second-order valence-corrected chi connectivity index (χ2v) is 7.08. The summed E-state index contributed by atoms with van der Waals surface area (Å²) in [6.45, 7) is 5.57. The quantitative estimate of drug-likeness (QED) is 0.808. The molecule has 1 aromatic carbocycles. The molecule has 4 nitrogen and oxygen atoms in total. The number of nitrogens with zero attached hydrogens (tertiary/aromatic N) is 1. The second-order valence-electron chi connectivity index (χ2n) is 6.07. The summed E-state index contributed by atoms with van der Waals surface area (Å²) in [6, 6.07) is 9.41. The summed E-state index contributed by atoms with van der Waals surface area (Å²) in [5, 5.41) is 5.12. The molecule has 3 rings (SSSR count). The van der Waals surface area contributed by atoms with Gasteiger partial charge in [-0.05, 0) is 35.9 Å². The number of nitrogens with two attached hydrogens (primary N) is 1. The van der Waals surface area contributed by atoms with Crippen molar-refractivity contribution < 1.29 is 4.79 Å². The van der Waals surface area contributed by atoms with E-state index in [1.54, 1.807) is 0 Å². The highest BCUT2D eigenvalue weighted by atomic mass is 35.5. The highest BCUT2D eigenvalue weighted by molar-refractivity contribution is 7.10. The van der Waals surface area contributed by atoms with Crippen LogP contribution in [0.15, 0.2) is 35.7 Å². The van der Waals surface area contributed by atoms with Gasteiger partial charge in [0, 0.05) is 31.1 Å². The Morgan fingerprint density at radius 1 is 1.28 bits per heavy atom. The van der Waals surface area contributed by atoms with Gasteiger partial charge in [-0.3, -0.25) is 9.69 Å². The molecule has 2 heterocycles. The third-order valence-electron chi connectivity index (χ3n) is 4.33. The second kappa shape index (κ2) is 10.1. The fourth-order valence-corrected chi connectivity index (χ4v) is 3.76. The maximum atomic E-state index is 12.2. The molecule has 0 bridgehead atoms. The van der Waals surface area contributed by atoms with Crippen molar-refractivity contribution in [2.45, 2.75) is 25.9 Å². The molecule has 0 aliphatic carbocycles. The zero-order chi connectivity index (χ0) is 16.2. The van der Waals surface area contributed by atoms with Crippen LogP contribution in [0.3, 0.4) is 0 Å². The van der Waals surface area contributed by atoms with Gasteiger partial charge in [0.15, 0.2) is 0 Å². The monoisotopic (exact) mass is 401 g/mol. The van der Waals surface area contributed by atoms with Gasteiger partial charge in [-0.15, -0.1) is 36.2 Å². The minimum atomic E-state index is -0.597. The van der Waals surface area contributed by atoms with E-state index in [1.165, 1.54) is 16.0 Å². The van der Waals surface area contributed by atoms with E-state index in [0.29, 0.717) is 6.54 Å². The average Bonchev–Trinajstić information content (AvgIpc) is 3.02. The molecule has 0 radical (unpaired) electrons. The summed E-state index contributed by atoms with van der Waals surface area (Å²) in [6.07, 6.45) is 1.11. The molecule has 0 spiro atoms. The molecule has 1 atom stereocenters. The Labute approximate surface area is 165 Å². The zero-order valence-electron chi connectivity index (χ0n) is 14.2. The Morgan fingerprint density at radius 3 is 2.72 bits per heavy atom. The van der Waals surface area contributed by atoms with E-state index >= 15 is 0 Å². The minimum Gasteiger partial charge on any atom is -0.353 e. The summed E-state index contributed by atoms with van der Waals surface area (Å²) < 4.78 is 0. The molecule has 138 valence electrons. The first-order valence-corrected chi connectivity index (χ1v) is 8.89. The van der Waals surface area contributed by atoms with Crippen molar-refractivity contribution in [2.24, 2.45) is 5.73 Å². The number of nitrogens with one attached hydrogen (secondary N) is 1. The van der Waals surface area contributed by atoms with Crippen LogP contribution in [0.5, 0.6) is 0 Å². The van der Waals surface area contributed by atoms with Gasteiger partial charge < -0.3 is 11.1 Å². The smallest absolute Gasteiger partial charge is 0.241 e. The van der Waals surface area contributed by atoms with Gasteiger partial charge in [0.1, 0.15) is 6.04 Å². The summed E-state index contributed by atoms with van der Waals surface area (Å²) in [7, 11) is 0. The van der Waals surface area contributed by atoms with Gasteiger partial charge >= 0.3 is 0 Å². The number of rotatable bonds is 5. The molecular formula is C18H25Cl2N3OS. The van der Waals surface area contributed by atoms with Crippen molar-refractivity contribution >= 4 is 42.1 Å². The third kappa shape index (κ3) is 5.69. The molecule has 2 aromatic rings. The maximum Gasteiger partial charge on any atom is 0.241 e. The molecule has 7 heteroatoms. The van der Waals surface area contributed by atoms with Crippen LogP contribution in [0.25, 0.3) is 0 Å². The van der Waals surface area contributed by atoms with Crippen LogP contribution in [0.2, 0.25) is 0 Å². The van der Waals surface area contributed by atoms with Crippen LogP contribution in [0, 0.1) is 6.92 Å². The van der Waals surface area contributed by atoms with Crippen molar-refractivity contribution in [3.05, 3.63) is 57.3 Å². The SMILES string of the molecule is Cc1ccc(C(N)C(=O)NCCN2CCc3sccc3C2)cc1.Cl.Cl. The number of hydrogen-bond donors (Lipinski definition) is 2. The number of hydrogen-bond acceptors (Lipinski definition) is 4. The first-order chi connectivity index (χ1) is 11.1. The molecule has 1 unspecified atom stereocenters. The Morgan fingerprint density at radius 2 is 2.00 bits per heavy atom. The Hall–Kier alpha value is -1.11. The molecule has 1 aromatic heterocycles. The van der Waals surface area contributed by atoms with Gasteiger partial charge in [0.25, 0.3) is 0 Å². The largest absolute Gasteiger partial charge is 0.353 e. The van der Waals surface area contributed by atoms with Gasteiger partial charge in [0.2, 0.25) is 5.91 Å². The van der Waals surface area contributed by atoms with Crippen LogP contribution in [-0.2, 0) is 17.8 Å². The van der Waals surface area contributed by atoms with E-state index in [1.807, 2.05) is 42.5 Å². The molecule has 1 aliphatic heterocycles. The highest BCUT2D eigenvalue weighted by Crippen LogP contribution is 2.23. The summed E-state index contributed by atoms with van der Waals surface area (Å²) in [5.41, 5.74) is 9.49. The van der Waals surface area contributed by atoms with E-state index in [0.717, 1.165) is 31.6 Å². The Bertz CT molecular complexity index is 675. The molecule has 0 fully saturated rings. The van der Waals surface area contributed by atoms with Crippen LogP contribution < -0.4 is 11.1 Å². The average molecular weight is 402 g/mol. The van der Waals surface area contributed by atoms with Crippen molar-refractivity contribution in [1.29, 1.82) is 0 Å². The zero-order valence-corrected chi connectivity index (χ0v) is 16.7. The number of carbonyl (C=O) groups excluding carboxylic acids is 1. The van der Waals surface area contributed by atoms with Gasteiger partial charge in [-0.2, -0.15) is 0 Å². The molecule has 3 N–H and O–H groups in total. The first kappa shape index (κ1) is 21.9. The van der Waals surface area contributed by atoms with Gasteiger partial charge in [-0.25, -0.2) is 0 Å². The molecule has 1 aliphatic rings. The van der Waals surface area contributed by atoms with Crippen LogP contribution >= 0.6 is 36.2 Å². The lowest BCUT2D eigenvalue weighted by molar-refractivity contribution is -0.122. The van der Waals surface area contributed by atoms with E-state index in [-0.39, 0.29) is 30.7 Å². The van der Waals surface area contributed by atoms with E-state index < -0.39 is 6.04 Å². The fourth-order valence-electron chi connectivity index (χ4n) is 2.87. The van der Waals surface area contributed by atoms with E-state index in [4.69, 9.17) is 5.73 Å². The van der Waals surface area contributed by atoms with Crippen molar-refractivity contribution in [2.75, 3.05) is 19.6 Å². The highest BCUT2D eigenvalue weighted by Gasteiger charge is 2.18. The lowest BCUT2D eigenvalue weighted by Crippen LogP contribution is -2.40. The van der Waals surface area contributed by atoms with E-state index in [2.05, 4.69) is 21.7 Å². The van der Waals surface area contributed by atoms with Crippen LogP contribution in [0.1, 0.15) is 27.6 Å². The normalized spacial score (nSPS) is 14.6. The van der Waals surface area contributed by atoms with Crippen LogP contribution in [-0.4, -0.2) is 30.4 Å². The minimum absolute atomic E-state index is 0. The van der Waals surface area contributed by atoms with Gasteiger partial charge in [0.05, 0.1) is 0 Å². The lowest BCUT2D eigenvalue weighted by atomic mass is 10.1. The molecule has 0 saturated heterocycles. The Kier molecular flexibility index (Phi) is 8.89. The van der Waals surface area contributed by atoms with Crippen molar-refractivity contribution in [1.82, 2.24) is 10.2 Å². The topological polar surface area (TPSA) is 58.4 Å². The number of fused-ring (bicyclic) bond motifs is 1. The number of carbonyl (C=O) groups is 1. The predicted molar refractivity (Wildman–Crippen MR) is 109 cm³/mol. The van der Waals surface area contributed by atoms with Crippen molar-refractivity contribution in [3.8, 4) is 0 Å². The molecule has 1 amide bonds. The van der Waals surface area contributed by atoms with Crippen molar-refractivity contribution in [3.63, 3.8) is 0 Å².